The fourth-order valence-corrected chi connectivity index (χ4v) is 2.59. The van der Waals surface area contributed by atoms with Gasteiger partial charge in [0.15, 0.2) is 11.6 Å². The number of nitrogens with zero attached hydrogens (tertiary/aromatic N) is 2. The molecule has 0 aliphatic carbocycles. The molecule has 0 fully saturated rings. The van der Waals surface area contributed by atoms with E-state index >= 15 is 0 Å². The van der Waals surface area contributed by atoms with E-state index in [9.17, 15) is 13.6 Å². The molecule has 0 bridgehead atoms. The molecule has 1 heterocycles. The Morgan fingerprint density at radius 3 is 2.58 bits per heavy atom. The minimum atomic E-state index is -0.927. The van der Waals surface area contributed by atoms with Gasteiger partial charge < -0.3 is 10.6 Å². The maximum absolute atomic E-state index is 13.2. The zero-order chi connectivity index (χ0) is 17.9. The summed E-state index contributed by atoms with van der Waals surface area (Å²) >= 11 is 0. The highest BCUT2D eigenvalue weighted by molar-refractivity contribution is 5.74. The van der Waals surface area contributed by atoms with Crippen LogP contribution in [-0.2, 0) is 13.5 Å². The fourth-order valence-electron chi connectivity index (χ4n) is 2.59. The van der Waals surface area contributed by atoms with Gasteiger partial charge in [0.1, 0.15) is 0 Å². The summed E-state index contributed by atoms with van der Waals surface area (Å²) in [5.74, 6) is -1.83. The number of urea groups is 1. The number of carbonyl (C=O) groups is 1. The molecule has 1 atom stereocenters. The molecule has 0 radical (unpaired) electrons. The number of hydrogen-bond donors (Lipinski definition) is 2. The van der Waals surface area contributed by atoms with Crippen LogP contribution >= 0.6 is 0 Å². The number of amides is 2. The number of nitrogens with one attached hydrogen (secondary N) is 2. The Morgan fingerprint density at radius 1 is 1.29 bits per heavy atom. The first-order valence-electron chi connectivity index (χ1n) is 7.78. The zero-order valence-electron chi connectivity index (χ0n) is 14.3. The van der Waals surface area contributed by atoms with E-state index in [0.29, 0.717) is 18.5 Å². The molecule has 0 aliphatic rings. The second-order valence-corrected chi connectivity index (χ2v) is 5.82. The van der Waals surface area contributed by atoms with E-state index in [1.807, 2.05) is 25.6 Å². The Morgan fingerprint density at radius 2 is 2.00 bits per heavy atom. The fraction of sp³-hybridized carbons (Fsp3) is 0.412. The lowest BCUT2D eigenvalue weighted by atomic mass is 10.1. The summed E-state index contributed by atoms with van der Waals surface area (Å²) in [5.41, 5.74) is 3.65. The lowest BCUT2D eigenvalue weighted by Crippen LogP contribution is -2.38. The van der Waals surface area contributed by atoms with Crippen molar-refractivity contribution < 1.29 is 13.6 Å². The van der Waals surface area contributed by atoms with Gasteiger partial charge in [-0.15, -0.1) is 0 Å². The first-order valence-corrected chi connectivity index (χ1v) is 7.78. The summed E-state index contributed by atoms with van der Waals surface area (Å²) in [6.07, 6.45) is 0.679. The van der Waals surface area contributed by atoms with E-state index in [1.54, 1.807) is 6.92 Å². The third-order valence-electron chi connectivity index (χ3n) is 4.11. The molecule has 0 saturated heterocycles. The van der Waals surface area contributed by atoms with E-state index in [4.69, 9.17) is 0 Å². The van der Waals surface area contributed by atoms with Crippen LogP contribution in [0.4, 0.5) is 13.6 Å². The topological polar surface area (TPSA) is 59.0 Å². The third kappa shape index (κ3) is 4.10. The lowest BCUT2D eigenvalue weighted by Gasteiger charge is -2.15. The van der Waals surface area contributed by atoms with E-state index in [2.05, 4.69) is 15.7 Å². The van der Waals surface area contributed by atoms with Crippen molar-refractivity contribution in [3.63, 3.8) is 0 Å². The minimum absolute atomic E-state index is 0.355. The van der Waals surface area contributed by atoms with E-state index in [1.165, 1.54) is 6.07 Å². The lowest BCUT2D eigenvalue weighted by molar-refractivity contribution is 0.238. The summed E-state index contributed by atoms with van der Waals surface area (Å²) in [6, 6.07) is 2.80. The Balaban J connectivity index is 1.85. The van der Waals surface area contributed by atoms with Crippen LogP contribution in [0, 0.1) is 25.5 Å². The van der Waals surface area contributed by atoms with Crippen molar-refractivity contribution in [1.82, 2.24) is 20.4 Å². The Labute approximate surface area is 140 Å². The van der Waals surface area contributed by atoms with Gasteiger partial charge in [0.25, 0.3) is 0 Å². The normalized spacial score (nSPS) is 12.1. The van der Waals surface area contributed by atoms with Gasteiger partial charge in [-0.25, -0.2) is 13.6 Å². The average molecular weight is 336 g/mol. The van der Waals surface area contributed by atoms with Crippen LogP contribution in [0.3, 0.4) is 0 Å². The predicted octanol–water partition coefficient (Wildman–Crippen LogP) is 2.92. The molecule has 2 aromatic rings. The maximum Gasteiger partial charge on any atom is 0.315 e. The molecule has 2 rings (SSSR count). The van der Waals surface area contributed by atoms with Gasteiger partial charge in [0, 0.05) is 19.3 Å². The summed E-state index contributed by atoms with van der Waals surface area (Å²) in [6.45, 7) is 6.10. The van der Waals surface area contributed by atoms with Crippen molar-refractivity contribution >= 4 is 6.03 Å². The molecule has 0 spiro atoms. The summed E-state index contributed by atoms with van der Waals surface area (Å²) in [5, 5.41) is 9.80. The number of halogens is 2. The molecule has 1 unspecified atom stereocenters. The molecule has 24 heavy (non-hydrogen) atoms. The van der Waals surface area contributed by atoms with Crippen molar-refractivity contribution in [2.45, 2.75) is 33.2 Å². The van der Waals surface area contributed by atoms with Crippen LogP contribution in [0.2, 0.25) is 0 Å². The molecule has 130 valence electrons. The number of rotatable bonds is 5. The van der Waals surface area contributed by atoms with Gasteiger partial charge in [-0.3, -0.25) is 4.68 Å². The summed E-state index contributed by atoms with van der Waals surface area (Å²) < 4.78 is 28.0. The van der Waals surface area contributed by atoms with Crippen LogP contribution < -0.4 is 10.6 Å². The predicted molar refractivity (Wildman–Crippen MR) is 87.7 cm³/mol. The summed E-state index contributed by atoms with van der Waals surface area (Å²) in [7, 11) is 1.88. The monoisotopic (exact) mass is 336 g/mol. The highest BCUT2D eigenvalue weighted by Crippen LogP contribution is 2.16. The largest absolute Gasteiger partial charge is 0.338 e. The SMILES string of the molecule is Cc1nn(C)c(C)c1CCNC(=O)NC(C)c1ccc(F)c(F)c1. The number of carbonyl (C=O) groups excluding carboxylic acids is 1. The Kier molecular flexibility index (Phi) is 5.54. The van der Waals surface area contributed by atoms with E-state index in [-0.39, 0.29) is 6.03 Å². The van der Waals surface area contributed by atoms with Gasteiger partial charge in [-0.2, -0.15) is 5.10 Å². The maximum atomic E-state index is 13.2. The standard InChI is InChI=1S/C17H22F2N4O/c1-10(13-5-6-15(18)16(19)9-13)21-17(24)20-8-7-14-11(2)22-23(4)12(14)3/h5-6,9-10H,7-8H2,1-4H3,(H2,20,21,24). The van der Waals surface area contributed by atoms with Crippen molar-refractivity contribution in [2.75, 3.05) is 6.54 Å². The molecule has 0 saturated carbocycles. The van der Waals surface area contributed by atoms with Crippen molar-refractivity contribution in [1.29, 1.82) is 0 Å². The van der Waals surface area contributed by atoms with Crippen LogP contribution in [0.25, 0.3) is 0 Å². The van der Waals surface area contributed by atoms with Crippen LogP contribution in [0.15, 0.2) is 18.2 Å². The van der Waals surface area contributed by atoms with Crippen LogP contribution in [0.1, 0.15) is 35.5 Å². The van der Waals surface area contributed by atoms with E-state index in [0.717, 1.165) is 29.1 Å². The highest BCUT2D eigenvalue weighted by atomic mass is 19.2. The van der Waals surface area contributed by atoms with E-state index < -0.39 is 17.7 Å². The van der Waals surface area contributed by atoms with Gasteiger partial charge in [-0.1, -0.05) is 6.07 Å². The van der Waals surface area contributed by atoms with Crippen molar-refractivity contribution in [2.24, 2.45) is 7.05 Å². The smallest absolute Gasteiger partial charge is 0.315 e. The number of benzene rings is 1. The highest BCUT2D eigenvalue weighted by Gasteiger charge is 2.13. The molecular formula is C17H22F2N4O. The van der Waals surface area contributed by atoms with Crippen LogP contribution in [-0.4, -0.2) is 22.4 Å². The van der Waals surface area contributed by atoms with Crippen LogP contribution in [0.5, 0.6) is 0 Å². The van der Waals surface area contributed by atoms with Gasteiger partial charge >= 0.3 is 6.03 Å². The zero-order valence-corrected chi connectivity index (χ0v) is 14.3. The van der Waals surface area contributed by atoms with Gasteiger partial charge in [0.05, 0.1) is 11.7 Å². The molecule has 2 N–H and O–H groups in total. The van der Waals surface area contributed by atoms with Gasteiger partial charge in [-0.05, 0) is 50.5 Å². The quantitative estimate of drug-likeness (QED) is 0.882. The summed E-state index contributed by atoms with van der Waals surface area (Å²) in [4.78, 5) is 11.9. The molecular weight excluding hydrogens is 314 g/mol. The first kappa shape index (κ1) is 17.9. The molecule has 1 aromatic heterocycles. The molecule has 5 nitrogen and oxygen atoms in total. The second kappa shape index (κ2) is 7.42. The number of hydrogen-bond acceptors (Lipinski definition) is 2. The number of aromatic nitrogens is 2. The van der Waals surface area contributed by atoms with Gasteiger partial charge in [0.2, 0.25) is 0 Å². The van der Waals surface area contributed by atoms with Crippen molar-refractivity contribution in [3.05, 3.63) is 52.3 Å². The first-order chi connectivity index (χ1) is 11.3. The van der Waals surface area contributed by atoms with Crippen molar-refractivity contribution in [3.8, 4) is 0 Å². The molecule has 0 aliphatic heterocycles. The minimum Gasteiger partial charge on any atom is -0.338 e. The molecule has 7 heteroatoms. The second-order valence-electron chi connectivity index (χ2n) is 5.82. The average Bonchev–Trinajstić information content (AvgIpc) is 2.76. The molecule has 2 amide bonds. The Hall–Kier alpha value is -2.44. The Bertz CT molecular complexity index is 742. The molecule has 1 aromatic carbocycles. The third-order valence-corrected chi connectivity index (χ3v) is 4.11. The number of aryl methyl sites for hydroxylation is 2.